The minimum absolute atomic E-state index is 0.0897. The van der Waals surface area contributed by atoms with Crippen molar-refractivity contribution in [1.29, 1.82) is 0 Å². The summed E-state index contributed by atoms with van der Waals surface area (Å²) in [5, 5.41) is 1.11. The molecule has 0 saturated heterocycles. The number of esters is 1. The molecule has 106 valence electrons. The van der Waals surface area contributed by atoms with Gasteiger partial charge in [-0.2, -0.15) is 0 Å². The van der Waals surface area contributed by atoms with Crippen molar-refractivity contribution in [2.45, 2.75) is 64.7 Å². The molecule has 0 saturated carbocycles. The summed E-state index contributed by atoms with van der Waals surface area (Å²) in [4.78, 5) is 21.7. The van der Waals surface area contributed by atoms with E-state index in [9.17, 15) is 9.59 Å². The second-order valence-corrected chi connectivity index (χ2v) is 5.41. The highest BCUT2D eigenvalue weighted by molar-refractivity contribution is 9.09. The van der Waals surface area contributed by atoms with Crippen molar-refractivity contribution in [3.63, 3.8) is 0 Å². The van der Waals surface area contributed by atoms with Gasteiger partial charge in [-0.25, -0.2) is 0 Å². The predicted octanol–water partition coefficient (Wildman–Crippen LogP) is 4.02. The lowest BCUT2D eigenvalue weighted by molar-refractivity contribution is -0.145. The van der Waals surface area contributed by atoms with Crippen LogP contribution in [0.15, 0.2) is 0 Å². The van der Waals surface area contributed by atoms with Gasteiger partial charge < -0.3 is 4.74 Å². The normalized spacial score (nSPS) is 10.3. The van der Waals surface area contributed by atoms with Gasteiger partial charge in [0.2, 0.25) is 0 Å². The van der Waals surface area contributed by atoms with Crippen molar-refractivity contribution in [2.24, 2.45) is 0 Å². The van der Waals surface area contributed by atoms with E-state index in [1.807, 2.05) is 0 Å². The van der Waals surface area contributed by atoms with Gasteiger partial charge in [-0.3, -0.25) is 9.59 Å². The van der Waals surface area contributed by atoms with E-state index >= 15 is 0 Å². The number of rotatable bonds is 12. The molecule has 4 heteroatoms. The first-order valence-electron chi connectivity index (χ1n) is 6.88. The fourth-order valence-electron chi connectivity index (χ4n) is 1.70. The quantitative estimate of drug-likeness (QED) is 0.236. The maximum Gasteiger partial charge on any atom is 0.313 e. The molecule has 0 heterocycles. The van der Waals surface area contributed by atoms with Crippen LogP contribution in [0.2, 0.25) is 0 Å². The van der Waals surface area contributed by atoms with Crippen molar-refractivity contribution in [1.82, 2.24) is 0 Å². The number of halogens is 1. The molecule has 3 nitrogen and oxygen atoms in total. The van der Waals surface area contributed by atoms with Gasteiger partial charge in [0.05, 0.1) is 6.61 Å². The van der Waals surface area contributed by atoms with E-state index in [1.165, 1.54) is 45.4 Å². The van der Waals surface area contributed by atoms with Crippen LogP contribution in [0.5, 0.6) is 0 Å². The van der Waals surface area contributed by atoms with Crippen molar-refractivity contribution < 1.29 is 14.3 Å². The maximum absolute atomic E-state index is 11.0. The van der Waals surface area contributed by atoms with Gasteiger partial charge in [0, 0.05) is 5.33 Å². The van der Waals surface area contributed by atoms with Crippen molar-refractivity contribution in [3.8, 4) is 0 Å². The zero-order valence-electron chi connectivity index (χ0n) is 11.4. The number of hydrogen-bond acceptors (Lipinski definition) is 3. The summed E-state index contributed by atoms with van der Waals surface area (Å²) < 4.78 is 4.95. The lowest BCUT2D eigenvalue weighted by atomic mass is 10.1. The molecule has 0 aliphatic rings. The Balaban J connectivity index is 3.11. The summed E-state index contributed by atoms with van der Waals surface area (Å²) in [7, 11) is 0. The Kier molecular flexibility index (Phi) is 12.8. The molecule has 0 aliphatic carbocycles. The summed E-state index contributed by atoms with van der Waals surface area (Å²) in [5.74, 6) is -0.527. The summed E-state index contributed by atoms with van der Waals surface area (Å²) in [6.07, 6.45) is 9.60. The Morgan fingerprint density at radius 1 is 0.889 bits per heavy atom. The Morgan fingerprint density at radius 3 is 1.89 bits per heavy atom. The largest absolute Gasteiger partial charge is 0.465 e. The number of hydrogen-bond donors (Lipinski definition) is 0. The standard InChI is InChI=1S/C14H25BrO3/c1-13(16)12-14(17)18-11-9-7-5-3-2-4-6-8-10-15/h2-12H2,1H3. The molecule has 0 spiro atoms. The second-order valence-electron chi connectivity index (χ2n) is 4.62. The molecule has 0 N–H and O–H groups in total. The van der Waals surface area contributed by atoms with Crippen LogP contribution in [0.25, 0.3) is 0 Å². The van der Waals surface area contributed by atoms with Crippen LogP contribution in [0.3, 0.4) is 0 Å². The number of ketones is 1. The van der Waals surface area contributed by atoms with Crippen LogP contribution in [0, 0.1) is 0 Å². The van der Waals surface area contributed by atoms with Gasteiger partial charge in [-0.1, -0.05) is 54.5 Å². The zero-order chi connectivity index (χ0) is 13.6. The van der Waals surface area contributed by atoms with E-state index in [0.717, 1.165) is 18.2 Å². The third-order valence-electron chi connectivity index (χ3n) is 2.68. The van der Waals surface area contributed by atoms with Crippen LogP contribution >= 0.6 is 15.9 Å². The number of unbranched alkanes of at least 4 members (excludes halogenated alkanes) is 7. The molecular weight excluding hydrogens is 296 g/mol. The first-order valence-corrected chi connectivity index (χ1v) is 8.00. The summed E-state index contributed by atoms with van der Waals surface area (Å²) in [6.45, 7) is 1.85. The molecule has 0 radical (unpaired) electrons. The SMILES string of the molecule is CC(=O)CC(=O)OCCCCCCCCCCBr. The van der Waals surface area contributed by atoms with Crippen LogP contribution < -0.4 is 0 Å². The molecule has 18 heavy (non-hydrogen) atoms. The van der Waals surface area contributed by atoms with Crippen LogP contribution in [0.4, 0.5) is 0 Å². The van der Waals surface area contributed by atoms with E-state index < -0.39 is 5.97 Å². The minimum atomic E-state index is -0.391. The first kappa shape index (κ1) is 17.6. The van der Waals surface area contributed by atoms with Gasteiger partial charge in [0.1, 0.15) is 12.2 Å². The Hall–Kier alpha value is -0.380. The molecule has 0 fully saturated rings. The average molecular weight is 321 g/mol. The number of alkyl halides is 1. The zero-order valence-corrected chi connectivity index (χ0v) is 13.0. The molecule has 0 atom stereocenters. The lowest BCUT2D eigenvalue weighted by Crippen LogP contribution is -2.09. The number of carbonyl (C=O) groups is 2. The predicted molar refractivity (Wildman–Crippen MR) is 77.0 cm³/mol. The van der Waals surface area contributed by atoms with Crippen LogP contribution in [-0.2, 0) is 14.3 Å². The smallest absolute Gasteiger partial charge is 0.313 e. The monoisotopic (exact) mass is 320 g/mol. The van der Waals surface area contributed by atoms with Gasteiger partial charge >= 0.3 is 5.97 Å². The number of ether oxygens (including phenoxy) is 1. The van der Waals surface area contributed by atoms with Crippen molar-refractivity contribution >= 4 is 27.7 Å². The number of Topliss-reactive ketones (excluding diaryl/α,β-unsaturated/α-hetero) is 1. The molecular formula is C14H25BrO3. The van der Waals surface area contributed by atoms with Gasteiger partial charge in [-0.05, 0) is 19.8 Å². The van der Waals surface area contributed by atoms with Crippen LogP contribution in [0.1, 0.15) is 64.7 Å². The van der Waals surface area contributed by atoms with Crippen molar-refractivity contribution in [3.05, 3.63) is 0 Å². The Morgan fingerprint density at radius 2 is 1.39 bits per heavy atom. The topological polar surface area (TPSA) is 43.4 Å². The molecule has 0 unspecified atom stereocenters. The maximum atomic E-state index is 11.0. The molecule has 0 aromatic heterocycles. The molecule has 0 aromatic rings. The Bertz CT molecular complexity index is 229. The summed E-state index contributed by atoms with van der Waals surface area (Å²) in [6, 6.07) is 0. The lowest BCUT2D eigenvalue weighted by Gasteiger charge is -2.04. The highest BCUT2D eigenvalue weighted by Crippen LogP contribution is 2.09. The van der Waals surface area contributed by atoms with E-state index in [1.54, 1.807) is 0 Å². The summed E-state index contributed by atoms with van der Waals surface area (Å²) >= 11 is 3.42. The summed E-state index contributed by atoms with van der Waals surface area (Å²) in [5.41, 5.74) is 0. The third kappa shape index (κ3) is 13.7. The second kappa shape index (κ2) is 13.1. The average Bonchev–Trinajstić information content (AvgIpc) is 2.30. The van der Waals surface area contributed by atoms with E-state index in [2.05, 4.69) is 15.9 Å². The highest BCUT2D eigenvalue weighted by Gasteiger charge is 2.05. The minimum Gasteiger partial charge on any atom is -0.465 e. The molecule has 0 amide bonds. The third-order valence-corrected chi connectivity index (χ3v) is 3.25. The van der Waals surface area contributed by atoms with Gasteiger partial charge in [0.25, 0.3) is 0 Å². The van der Waals surface area contributed by atoms with Gasteiger partial charge in [0.15, 0.2) is 0 Å². The van der Waals surface area contributed by atoms with E-state index in [-0.39, 0.29) is 12.2 Å². The first-order chi connectivity index (χ1) is 8.66. The molecule has 0 bridgehead atoms. The van der Waals surface area contributed by atoms with E-state index in [0.29, 0.717) is 6.61 Å². The van der Waals surface area contributed by atoms with E-state index in [4.69, 9.17) is 4.74 Å². The van der Waals surface area contributed by atoms with Gasteiger partial charge in [-0.15, -0.1) is 0 Å². The molecule has 0 aromatic carbocycles. The molecule has 0 aliphatic heterocycles. The fraction of sp³-hybridized carbons (Fsp3) is 0.857. The molecule has 0 rings (SSSR count). The fourth-order valence-corrected chi connectivity index (χ4v) is 2.09. The van der Waals surface area contributed by atoms with Crippen LogP contribution in [-0.4, -0.2) is 23.7 Å². The number of carbonyl (C=O) groups excluding carboxylic acids is 2. The van der Waals surface area contributed by atoms with Crippen molar-refractivity contribution in [2.75, 3.05) is 11.9 Å². The Labute approximate surface area is 119 Å². The highest BCUT2D eigenvalue weighted by atomic mass is 79.9.